The summed E-state index contributed by atoms with van der Waals surface area (Å²) in [5.74, 6) is 0. The number of benzene rings is 1. The van der Waals surface area contributed by atoms with Crippen LogP contribution >= 0.6 is 0 Å². The highest BCUT2D eigenvalue weighted by molar-refractivity contribution is 5.77. The molecule has 23 heavy (non-hydrogen) atoms. The van der Waals surface area contributed by atoms with Gasteiger partial charge in [-0.3, -0.25) is 4.79 Å². The van der Waals surface area contributed by atoms with Crippen LogP contribution in [0, 0.1) is 0 Å². The van der Waals surface area contributed by atoms with Crippen LogP contribution in [0.25, 0.3) is 11.0 Å². The fourth-order valence-electron chi connectivity index (χ4n) is 2.64. The Hall–Kier alpha value is -2.44. The van der Waals surface area contributed by atoms with E-state index in [4.69, 9.17) is 0 Å². The number of hydrogen-bond donors (Lipinski definition) is 4. The maximum atomic E-state index is 11.7. The summed E-state index contributed by atoms with van der Waals surface area (Å²) in [6.45, 7) is 0.625. The van der Waals surface area contributed by atoms with Crippen LogP contribution in [-0.4, -0.2) is 32.7 Å². The minimum atomic E-state index is -0.177. The fourth-order valence-corrected chi connectivity index (χ4v) is 2.64. The van der Waals surface area contributed by atoms with E-state index in [1.807, 2.05) is 18.2 Å². The number of H-pyrrole nitrogens is 2. The van der Waals surface area contributed by atoms with E-state index in [0.717, 1.165) is 18.4 Å². The third kappa shape index (κ3) is 3.67. The third-order valence-electron chi connectivity index (χ3n) is 3.97. The normalized spacial score (nSPS) is 12.6. The van der Waals surface area contributed by atoms with E-state index in [9.17, 15) is 9.90 Å². The first kappa shape index (κ1) is 15.5. The second-order valence-electron chi connectivity index (χ2n) is 5.55. The molecule has 3 rings (SSSR count). The first-order valence-corrected chi connectivity index (χ1v) is 7.69. The molecule has 1 atom stereocenters. The SMILES string of the molecule is O=c1[nH]cnc2c(CNC(CO)CCc3ccccc3)c[nH]c12. The highest BCUT2D eigenvalue weighted by atomic mass is 16.3. The van der Waals surface area contributed by atoms with Crippen molar-refractivity contribution in [2.24, 2.45) is 0 Å². The van der Waals surface area contributed by atoms with E-state index in [-0.39, 0.29) is 18.2 Å². The molecule has 0 saturated carbocycles. The Balaban J connectivity index is 1.61. The Morgan fingerprint density at radius 1 is 1.22 bits per heavy atom. The Kier molecular flexibility index (Phi) is 4.85. The molecule has 0 radical (unpaired) electrons. The van der Waals surface area contributed by atoms with Crippen LogP contribution in [0.5, 0.6) is 0 Å². The van der Waals surface area contributed by atoms with Gasteiger partial charge in [0.1, 0.15) is 5.52 Å². The molecule has 3 aromatic rings. The first-order valence-electron chi connectivity index (χ1n) is 7.69. The Bertz CT molecular complexity index is 810. The number of aromatic nitrogens is 3. The number of rotatable bonds is 7. The van der Waals surface area contributed by atoms with Crippen LogP contribution in [0.1, 0.15) is 17.5 Å². The van der Waals surface area contributed by atoms with Gasteiger partial charge >= 0.3 is 0 Å². The largest absolute Gasteiger partial charge is 0.395 e. The number of fused-ring (bicyclic) bond motifs is 1. The van der Waals surface area contributed by atoms with Crippen molar-refractivity contribution in [3.05, 3.63) is 64.3 Å². The molecule has 0 spiro atoms. The monoisotopic (exact) mass is 312 g/mol. The summed E-state index contributed by atoms with van der Waals surface area (Å²) in [5.41, 5.74) is 3.15. The van der Waals surface area contributed by atoms with Crippen LogP contribution < -0.4 is 10.9 Å². The molecule has 0 amide bonds. The highest BCUT2D eigenvalue weighted by Crippen LogP contribution is 2.12. The Morgan fingerprint density at radius 3 is 2.83 bits per heavy atom. The van der Waals surface area contributed by atoms with Gasteiger partial charge in [0.2, 0.25) is 0 Å². The number of nitrogens with one attached hydrogen (secondary N) is 3. The van der Waals surface area contributed by atoms with Gasteiger partial charge in [-0.15, -0.1) is 0 Å². The lowest BCUT2D eigenvalue weighted by Crippen LogP contribution is -2.32. The van der Waals surface area contributed by atoms with Crippen molar-refractivity contribution in [1.82, 2.24) is 20.3 Å². The standard InChI is InChI=1S/C17H20N4O2/c22-10-14(7-6-12-4-2-1-3-5-12)18-8-13-9-19-16-15(13)20-11-21-17(16)23/h1-5,9,11,14,18-19,22H,6-8,10H2,(H,20,21,23). The van der Waals surface area contributed by atoms with Crippen molar-refractivity contribution in [2.75, 3.05) is 6.61 Å². The maximum absolute atomic E-state index is 11.7. The van der Waals surface area contributed by atoms with Crippen molar-refractivity contribution in [3.63, 3.8) is 0 Å². The lowest BCUT2D eigenvalue weighted by Gasteiger charge is -2.16. The summed E-state index contributed by atoms with van der Waals surface area (Å²) in [6.07, 6.45) is 4.94. The van der Waals surface area contributed by atoms with Gasteiger partial charge < -0.3 is 20.4 Å². The molecule has 2 aromatic heterocycles. The van der Waals surface area contributed by atoms with Gasteiger partial charge in [0, 0.05) is 24.3 Å². The zero-order chi connectivity index (χ0) is 16.1. The summed E-state index contributed by atoms with van der Waals surface area (Å²) in [7, 11) is 0. The van der Waals surface area contributed by atoms with Crippen molar-refractivity contribution in [1.29, 1.82) is 0 Å². The van der Waals surface area contributed by atoms with E-state index in [0.29, 0.717) is 17.6 Å². The predicted molar refractivity (Wildman–Crippen MR) is 89.2 cm³/mol. The second kappa shape index (κ2) is 7.21. The summed E-state index contributed by atoms with van der Waals surface area (Å²) in [5, 5.41) is 12.9. The number of aliphatic hydroxyl groups excluding tert-OH is 1. The molecule has 0 fully saturated rings. The zero-order valence-corrected chi connectivity index (χ0v) is 12.7. The van der Waals surface area contributed by atoms with E-state index in [1.165, 1.54) is 11.9 Å². The molecule has 1 aromatic carbocycles. The molecule has 1 unspecified atom stereocenters. The molecule has 0 bridgehead atoms. The van der Waals surface area contributed by atoms with Gasteiger partial charge in [-0.25, -0.2) is 4.98 Å². The maximum Gasteiger partial charge on any atom is 0.275 e. The number of aryl methyl sites for hydroxylation is 1. The molecular weight excluding hydrogens is 292 g/mol. The average Bonchev–Trinajstić information content (AvgIpc) is 3.01. The molecule has 6 heteroatoms. The Labute approximate surface area is 133 Å². The van der Waals surface area contributed by atoms with Crippen LogP contribution in [0.2, 0.25) is 0 Å². The molecule has 120 valence electrons. The molecule has 4 N–H and O–H groups in total. The van der Waals surface area contributed by atoms with Gasteiger partial charge in [0.25, 0.3) is 5.56 Å². The number of aromatic amines is 2. The third-order valence-corrected chi connectivity index (χ3v) is 3.97. The number of hydrogen-bond acceptors (Lipinski definition) is 4. The Morgan fingerprint density at radius 2 is 2.04 bits per heavy atom. The topological polar surface area (TPSA) is 93.8 Å². The van der Waals surface area contributed by atoms with E-state index in [1.54, 1.807) is 6.20 Å². The summed E-state index contributed by atoms with van der Waals surface area (Å²) >= 11 is 0. The quantitative estimate of drug-likeness (QED) is 0.529. The second-order valence-corrected chi connectivity index (χ2v) is 5.55. The fraction of sp³-hybridized carbons (Fsp3) is 0.294. The van der Waals surface area contributed by atoms with Crippen molar-refractivity contribution in [2.45, 2.75) is 25.4 Å². The lowest BCUT2D eigenvalue weighted by molar-refractivity contribution is 0.235. The molecule has 2 heterocycles. The number of aliphatic hydroxyl groups is 1. The lowest BCUT2D eigenvalue weighted by atomic mass is 10.1. The summed E-state index contributed by atoms with van der Waals surface area (Å²) in [6, 6.07) is 10.2. The predicted octanol–water partition coefficient (Wildman–Crippen LogP) is 1.33. The zero-order valence-electron chi connectivity index (χ0n) is 12.7. The molecule has 0 aliphatic heterocycles. The highest BCUT2D eigenvalue weighted by Gasteiger charge is 2.11. The van der Waals surface area contributed by atoms with E-state index >= 15 is 0 Å². The minimum Gasteiger partial charge on any atom is -0.395 e. The van der Waals surface area contributed by atoms with Crippen molar-refractivity contribution in [3.8, 4) is 0 Å². The average molecular weight is 312 g/mol. The molecule has 0 aliphatic carbocycles. The summed E-state index contributed by atoms with van der Waals surface area (Å²) in [4.78, 5) is 21.4. The van der Waals surface area contributed by atoms with Crippen LogP contribution in [0.15, 0.2) is 47.7 Å². The van der Waals surface area contributed by atoms with E-state index < -0.39 is 0 Å². The smallest absolute Gasteiger partial charge is 0.275 e. The molecular formula is C17H20N4O2. The minimum absolute atomic E-state index is 0.00199. The van der Waals surface area contributed by atoms with Crippen LogP contribution in [-0.2, 0) is 13.0 Å². The molecule has 6 nitrogen and oxygen atoms in total. The molecule has 0 saturated heterocycles. The molecule has 0 aliphatic rings. The first-order chi connectivity index (χ1) is 11.3. The summed E-state index contributed by atoms with van der Waals surface area (Å²) < 4.78 is 0. The van der Waals surface area contributed by atoms with Crippen molar-refractivity contribution >= 4 is 11.0 Å². The van der Waals surface area contributed by atoms with Gasteiger partial charge in [-0.05, 0) is 18.4 Å². The van der Waals surface area contributed by atoms with E-state index in [2.05, 4.69) is 32.4 Å². The van der Waals surface area contributed by atoms with Crippen LogP contribution in [0.3, 0.4) is 0 Å². The van der Waals surface area contributed by atoms with Gasteiger partial charge in [0.15, 0.2) is 0 Å². The van der Waals surface area contributed by atoms with Gasteiger partial charge in [-0.2, -0.15) is 0 Å². The van der Waals surface area contributed by atoms with Crippen molar-refractivity contribution < 1.29 is 5.11 Å². The van der Waals surface area contributed by atoms with Gasteiger partial charge in [0.05, 0.1) is 18.5 Å². The number of nitrogens with zero attached hydrogens (tertiary/aromatic N) is 1. The van der Waals surface area contributed by atoms with Gasteiger partial charge in [-0.1, -0.05) is 30.3 Å². The van der Waals surface area contributed by atoms with Crippen LogP contribution in [0.4, 0.5) is 0 Å².